The average Bonchev–Trinajstić information content (AvgIpc) is 3.01. The lowest BCUT2D eigenvalue weighted by molar-refractivity contribution is -0.141. The molecule has 102 valence electrons. The number of hydrogen-bond acceptors (Lipinski definition) is 3. The maximum Gasteiger partial charge on any atom is 0.230 e. The molecule has 3 aliphatic rings. The number of nitrogens with zero attached hydrogens (tertiary/aromatic N) is 1. The molecule has 2 heterocycles. The summed E-state index contributed by atoms with van der Waals surface area (Å²) in [7, 11) is 0. The van der Waals surface area contributed by atoms with E-state index >= 15 is 0 Å². The molecule has 3 fully saturated rings. The minimum absolute atomic E-state index is 0.0696. The molecule has 18 heavy (non-hydrogen) atoms. The number of rotatable bonds is 2. The Labute approximate surface area is 109 Å². The predicted octanol–water partition coefficient (Wildman–Crippen LogP) is 0.573. The Morgan fingerprint density at radius 3 is 3.06 bits per heavy atom. The number of amides is 1. The van der Waals surface area contributed by atoms with Gasteiger partial charge in [-0.3, -0.25) is 4.79 Å². The third-order valence-corrected chi connectivity index (χ3v) is 5.55. The lowest BCUT2D eigenvalue weighted by atomic mass is 9.79. The molecule has 2 aliphatic heterocycles. The molecule has 1 aliphatic carbocycles. The molecule has 3 atom stereocenters. The zero-order chi connectivity index (χ0) is 12.8. The molecule has 3 N–H and O–H groups in total. The second-order valence-corrected chi connectivity index (χ2v) is 6.87. The second-order valence-electron chi connectivity index (χ2n) is 6.87. The molecule has 0 spiro atoms. The Balaban J connectivity index is 1.76. The van der Waals surface area contributed by atoms with E-state index in [0.717, 1.165) is 39.0 Å². The first-order valence-corrected chi connectivity index (χ1v) is 7.30. The molecule has 0 aromatic rings. The van der Waals surface area contributed by atoms with Crippen LogP contribution in [0.3, 0.4) is 0 Å². The van der Waals surface area contributed by atoms with Crippen molar-refractivity contribution in [3.63, 3.8) is 0 Å². The van der Waals surface area contributed by atoms with Crippen LogP contribution < -0.4 is 11.1 Å². The highest BCUT2D eigenvalue weighted by molar-refractivity contribution is 5.84. The molecular formula is C14H25N3O. The van der Waals surface area contributed by atoms with Crippen molar-refractivity contribution in [1.29, 1.82) is 0 Å². The Morgan fingerprint density at radius 2 is 2.33 bits per heavy atom. The zero-order valence-corrected chi connectivity index (χ0v) is 11.4. The van der Waals surface area contributed by atoms with Gasteiger partial charge in [-0.1, -0.05) is 13.3 Å². The van der Waals surface area contributed by atoms with E-state index in [2.05, 4.69) is 17.1 Å². The van der Waals surface area contributed by atoms with Gasteiger partial charge < -0.3 is 16.0 Å². The van der Waals surface area contributed by atoms with Crippen LogP contribution in [-0.2, 0) is 4.79 Å². The van der Waals surface area contributed by atoms with Gasteiger partial charge in [-0.25, -0.2) is 0 Å². The van der Waals surface area contributed by atoms with Crippen molar-refractivity contribution in [1.82, 2.24) is 10.2 Å². The summed E-state index contributed by atoms with van der Waals surface area (Å²) in [5, 5.41) is 3.43. The van der Waals surface area contributed by atoms with E-state index in [1.54, 1.807) is 0 Å². The van der Waals surface area contributed by atoms with E-state index in [9.17, 15) is 4.79 Å². The average molecular weight is 251 g/mol. The van der Waals surface area contributed by atoms with Gasteiger partial charge in [0.15, 0.2) is 0 Å². The van der Waals surface area contributed by atoms with Gasteiger partial charge in [0.05, 0.1) is 5.41 Å². The summed E-state index contributed by atoms with van der Waals surface area (Å²) in [6, 6.07) is 0. The van der Waals surface area contributed by atoms with Crippen LogP contribution in [0.1, 0.15) is 32.6 Å². The van der Waals surface area contributed by atoms with Crippen molar-refractivity contribution in [3.05, 3.63) is 0 Å². The molecule has 2 saturated heterocycles. The Kier molecular flexibility index (Phi) is 2.90. The maximum absolute atomic E-state index is 12.9. The lowest BCUT2D eigenvalue weighted by Gasteiger charge is -2.33. The van der Waals surface area contributed by atoms with E-state index in [1.807, 2.05) is 0 Å². The van der Waals surface area contributed by atoms with Crippen LogP contribution in [0.25, 0.3) is 0 Å². The van der Waals surface area contributed by atoms with Gasteiger partial charge in [0, 0.05) is 19.6 Å². The van der Waals surface area contributed by atoms with Crippen molar-refractivity contribution in [3.8, 4) is 0 Å². The van der Waals surface area contributed by atoms with Gasteiger partial charge in [0.2, 0.25) is 5.91 Å². The topological polar surface area (TPSA) is 58.4 Å². The van der Waals surface area contributed by atoms with Gasteiger partial charge in [-0.15, -0.1) is 0 Å². The summed E-state index contributed by atoms with van der Waals surface area (Å²) in [5.41, 5.74) is 5.91. The van der Waals surface area contributed by atoms with Crippen molar-refractivity contribution < 1.29 is 4.79 Å². The Morgan fingerprint density at radius 1 is 1.50 bits per heavy atom. The van der Waals surface area contributed by atoms with Crippen LogP contribution in [0, 0.1) is 16.7 Å². The summed E-state index contributed by atoms with van der Waals surface area (Å²) >= 11 is 0. The number of nitrogens with two attached hydrogens (primary N) is 1. The minimum Gasteiger partial charge on any atom is -0.342 e. The highest BCUT2D eigenvalue weighted by Crippen LogP contribution is 2.48. The van der Waals surface area contributed by atoms with Crippen LogP contribution in [0.4, 0.5) is 0 Å². The molecule has 1 unspecified atom stereocenters. The molecule has 0 aromatic carbocycles. The summed E-state index contributed by atoms with van der Waals surface area (Å²) in [5.74, 6) is 0.988. The van der Waals surface area contributed by atoms with Gasteiger partial charge in [0.25, 0.3) is 0 Å². The zero-order valence-electron chi connectivity index (χ0n) is 11.4. The molecule has 1 saturated carbocycles. The van der Waals surface area contributed by atoms with E-state index < -0.39 is 0 Å². The predicted molar refractivity (Wildman–Crippen MR) is 71.0 cm³/mol. The molecular weight excluding hydrogens is 226 g/mol. The quantitative estimate of drug-likeness (QED) is 0.754. The normalized spacial score (nSPS) is 43.4. The molecule has 1 amide bonds. The van der Waals surface area contributed by atoms with E-state index in [0.29, 0.717) is 18.4 Å². The highest BCUT2D eigenvalue weighted by atomic mass is 16.2. The second kappa shape index (κ2) is 4.20. The van der Waals surface area contributed by atoms with E-state index in [-0.39, 0.29) is 10.8 Å². The van der Waals surface area contributed by atoms with Gasteiger partial charge in [-0.2, -0.15) is 0 Å². The standard InChI is InChI=1S/C14H25N3O/c1-13(8-15)5-6-17(10-13)12(18)14-4-2-3-11(14)7-16-9-14/h11,16H,2-10,15H2,1H3/t11-,13?,14-/m1/s1. The van der Waals surface area contributed by atoms with Crippen molar-refractivity contribution in [2.24, 2.45) is 22.5 Å². The summed E-state index contributed by atoms with van der Waals surface area (Å²) in [6.07, 6.45) is 4.59. The fraction of sp³-hybridized carbons (Fsp3) is 0.929. The van der Waals surface area contributed by atoms with Crippen molar-refractivity contribution in [2.45, 2.75) is 32.6 Å². The van der Waals surface area contributed by atoms with Crippen LogP contribution in [-0.4, -0.2) is 43.5 Å². The number of likely N-dealkylation sites (tertiary alicyclic amines) is 1. The van der Waals surface area contributed by atoms with Gasteiger partial charge in [-0.05, 0) is 43.7 Å². The molecule has 0 aromatic heterocycles. The number of fused-ring (bicyclic) bond motifs is 1. The minimum atomic E-state index is -0.0696. The third kappa shape index (κ3) is 1.69. The van der Waals surface area contributed by atoms with E-state index in [1.165, 1.54) is 12.8 Å². The molecule has 3 rings (SSSR count). The third-order valence-electron chi connectivity index (χ3n) is 5.55. The van der Waals surface area contributed by atoms with E-state index in [4.69, 9.17) is 5.73 Å². The first kappa shape index (κ1) is 12.4. The summed E-state index contributed by atoms with van der Waals surface area (Å²) < 4.78 is 0. The van der Waals surface area contributed by atoms with Gasteiger partial charge >= 0.3 is 0 Å². The SMILES string of the molecule is CC1(CN)CCN(C(=O)[C@@]23CCC[C@@H]2CNC3)C1. The largest absolute Gasteiger partial charge is 0.342 e. The summed E-state index contributed by atoms with van der Waals surface area (Å²) in [4.78, 5) is 15.0. The van der Waals surface area contributed by atoms with Crippen LogP contribution in [0.15, 0.2) is 0 Å². The first-order valence-electron chi connectivity index (χ1n) is 7.30. The fourth-order valence-electron chi connectivity index (χ4n) is 4.18. The fourth-order valence-corrected chi connectivity index (χ4v) is 4.18. The lowest BCUT2D eigenvalue weighted by Crippen LogP contribution is -2.46. The van der Waals surface area contributed by atoms with Gasteiger partial charge in [0.1, 0.15) is 0 Å². The van der Waals surface area contributed by atoms with Crippen LogP contribution in [0.5, 0.6) is 0 Å². The Bertz CT molecular complexity index is 347. The number of carbonyl (C=O) groups is 1. The maximum atomic E-state index is 12.9. The Hall–Kier alpha value is -0.610. The number of hydrogen-bond donors (Lipinski definition) is 2. The highest BCUT2D eigenvalue weighted by Gasteiger charge is 2.54. The molecule has 0 bridgehead atoms. The van der Waals surface area contributed by atoms with Crippen molar-refractivity contribution in [2.75, 3.05) is 32.7 Å². The first-order chi connectivity index (χ1) is 8.60. The molecule has 4 heteroatoms. The van der Waals surface area contributed by atoms with Crippen LogP contribution in [0.2, 0.25) is 0 Å². The summed E-state index contributed by atoms with van der Waals surface area (Å²) in [6.45, 7) is 6.58. The smallest absolute Gasteiger partial charge is 0.230 e. The number of nitrogens with one attached hydrogen (secondary N) is 1. The molecule has 4 nitrogen and oxygen atoms in total. The van der Waals surface area contributed by atoms with Crippen LogP contribution >= 0.6 is 0 Å². The number of carbonyl (C=O) groups excluding carboxylic acids is 1. The molecule has 0 radical (unpaired) electrons. The van der Waals surface area contributed by atoms with Crippen molar-refractivity contribution >= 4 is 5.91 Å². The monoisotopic (exact) mass is 251 g/mol.